The van der Waals surface area contributed by atoms with Crippen LogP contribution < -0.4 is 0 Å². The van der Waals surface area contributed by atoms with Crippen molar-refractivity contribution in [3.63, 3.8) is 0 Å². The van der Waals surface area contributed by atoms with Gasteiger partial charge in [-0.2, -0.15) is 0 Å². The molecule has 0 radical (unpaired) electrons. The first kappa shape index (κ1) is 14.9. The third-order valence-electron chi connectivity index (χ3n) is 2.99. The molecule has 1 heterocycles. The van der Waals surface area contributed by atoms with Gasteiger partial charge in [-0.05, 0) is 12.8 Å². The number of sulfone groups is 1. The van der Waals surface area contributed by atoms with Gasteiger partial charge in [0.25, 0.3) is 0 Å². The molecule has 0 aliphatic carbocycles. The number of rotatable bonds is 6. The highest BCUT2D eigenvalue weighted by molar-refractivity contribution is 7.91. The van der Waals surface area contributed by atoms with Crippen LogP contribution >= 0.6 is 0 Å². The zero-order valence-corrected chi connectivity index (χ0v) is 11.3. The van der Waals surface area contributed by atoms with E-state index >= 15 is 0 Å². The van der Waals surface area contributed by atoms with E-state index in [1.54, 1.807) is 0 Å². The SMILES string of the molecule is CCCN(C(=O)CCC(=O)O)C1CCS(=O)(=O)C1. The van der Waals surface area contributed by atoms with E-state index in [-0.39, 0.29) is 36.3 Å². The molecule has 1 N–H and O–H groups in total. The van der Waals surface area contributed by atoms with Crippen molar-refractivity contribution in [1.82, 2.24) is 4.90 Å². The van der Waals surface area contributed by atoms with Gasteiger partial charge in [-0.3, -0.25) is 9.59 Å². The third kappa shape index (κ3) is 4.29. The molecule has 104 valence electrons. The predicted octanol–water partition coefficient (Wildman–Crippen LogP) is 0.277. The quantitative estimate of drug-likeness (QED) is 0.752. The van der Waals surface area contributed by atoms with Crippen molar-refractivity contribution in [3.8, 4) is 0 Å². The summed E-state index contributed by atoms with van der Waals surface area (Å²) in [5, 5.41) is 8.56. The van der Waals surface area contributed by atoms with Crippen LogP contribution in [0.2, 0.25) is 0 Å². The van der Waals surface area contributed by atoms with Crippen LogP contribution in [0.3, 0.4) is 0 Å². The van der Waals surface area contributed by atoms with Gasteiger partial charge in [-0.15, -0.1) is 0 Å². The Hall–Kier alpha value is -1.11. The maximum absolute atomic E-state index is 11.9. The van der Waals surface area contributed by atoms with Crippen molar-refractivity contribution in [2.45, 2.75) is 38.6 Å². The fourth-order valence-corrected chi connectivity index (χ4v) is 3.86. The summed E-state index contributed by atoms with van der Waals surface area (Å²) in [7, 11) is -3.03. The summed E-state index contributed by atoms with van der Waals surface area (Å²) in [6.45, 7) is 2.39. The third-order valence-corrected chi connectivity index (χ3v) is 4.74. The number of carboxylic acid groups (broad SMARTS) is 1. The van der Waals surface area contributed by atoms with Crippen LogP contribution in [-0.4, -0.2) is 54.4 Å². The molecule has 1 aliphatic heterocycles. The molecule has 1 atom stereocenters. The molecule has 1 amide bonds. The molecule has 1 rings (SSSR count). The van der Waals surface area contributed by atoms with E-state index in [0.717, 1.165) is 6.42 Å². The van der Waals surface area contributed by atoms with Crippen LogP contribution in [0.5, 0.6) is 0 Å². The Morgan fingerprint density at radius 3 is 2.44 bits per heavy atom. The summed E-state index contributed by atoms with van der Waals surface area (Å²) < 4.78 is 22.8. The zero-order chi connectivity index (χ0) is 13.8. The lowest BCUT2D eigenvalue weighted by molar-refractivity contribution is -0.141. The first-order valence-corrected chi connectivity index (χ1v) is 7.89. The monoisotopic (exact) mass is 277 g/mol. The number of amides is 1. The van der Waals surface area contributed by atoms with Crippen molar-refractivity contribution < 1.29 is 23.1 Å². The summed E-state index contributed by atoms with van der Waals surface area (Å²) in [4.78, 5) is 23.9. The van der Waals surface area contributed by atoms with E-state index in [1.807, 2.05) is 6.92 Å². The lowest BCUT2D eigenvalue weighted by Gasteiger charge is -2.27. The Balaban J connectivity index is 2.64. The van der Waals surface area contributed by atoms with Crippen LogP contribution in [0.1, 0.15) is 32.6 Å². The number of nitrogens with zero attached hydrogens (tertiary/aromatic N) is 1. The molecule has 1 unspecified atom stereocenters. The van der Waals surface area contributed by atoms with Crippen LogP contribution in [-0.2, 0) is 19.4 Å². The van der Waals surface area contributed by atoms with Gasteiger partial charge in [0.1, 0.15) is 0 Å². The summed E-state index contributed by atoms with van der Waals surface area (Å²) in [5.74, 6) is -1.16. The lowest BCUT2D eigenvalue weighted by atomic mass is 10.1. The van der Waals surface area contributed by atoms with Gasteiger partial charge >= 0.3 is 5.97 Å². The highest BCUT2D eigenvalue weighted by atomic mass is 32.2. The average molecular weight is 277 g/mol. The molecule has 18 heavy (non-hydrogen) atoms. The molecule has 0 spiro atoms. The number of carbonyl (C=O) groups excluding carboxylic acids is 1. The van der Waals surface area contributed by atoms with Crippen molar-refractivity contribution >= 4 is 21.7 Å². The Morgan fingerprint density at radius 1 is 1.33 bits per heavy atom. The maximum atomic E-state index is 11.9. The largest absolute Gasteiger partial charge is 0.481 e. The number of carbonyl (C=O) groups is 2. The fraction of sp³-hybridized carbons (Fsp3) is 0.818. The molecule has 1 saturated heterocycles. The molecule has 1 fully saturated rings. The van der Waals surface area contributed by atoms with Crippen molar-refractivity contribution in [1.29, 1.82) is 0 Å². The first-order valence-electron chi connectivity index (χ1n) is 6.07. The van der Waals surface area contributed by atoms with Crippen LogP contribution in [0.4, 0.5) is 0 Å². The molecular formula is C11H19NO5S. The van der Waals surface area contributed by atoms with Crippen molar-refractivity contribution in [2.24, 2.45) is 0 Å². The van der Waals surface area contributed by atoms with E-state index < -0.39 is 15.8 Å². The second-order valence-corrected chi connectivity index (χ2v) is 6.77. The summed E-state index contributed by atoms with van der Waals surface area (Å²) >= 11 is 0. The van der Waals surface area contributed by atoms with Crippen LogP contribution in [0, 0.1) is 0 Å². The van der Waals surface area contributed by atoms with Gasteiger partial charge in [-0.1, -0.05) is 6.92 Å². The van der Waals surface area contributed by atoms with Gasteiger partial charge in [0.05, 0.1) is 17.9 Å². The smallest absolute Gasteiger partial charge is 0.303 e. The lowest BCUT2D eigenvalue weighted by Crippen LogP contribution is -2.41. The molecule has 0 saturated carbocycles. The Bertz CT molecular complexity index is 417. The average Bonchev–Trinajstić information content (AvgIpc) is 2.63. The normalized spacial score (nSPS) is 21.7. The second kappa shape index (κ2) is 6.17. The van der Waals surface area contributed by atoms with Crippen LogP contribution in [0.25, 0.3) is 0 Å². The summed E-state index contributed by atoms with van der Waals surface area (Å²) in [6, 6.07) is -0.281. The maximum Gasteiger partial charge on any atom is 0.303 e. The number of carboxylic acids is 1. The standard InChI is InChI=1S/C11H19NO5S/c1-2-6-12(10(13)3-4-11(14)15)9-5-7-18(16,17)8-9/h9H,2-8H2,1H3,(H,14,15). The van der Waals surface area contributed by atoms with E-state index in [0.29, 0.717) is 13.0 Å². The molecule has 7 heteroatoms. The van der Waals surface area contributed by atoms with Gasteiger partial charge in [0.15, 0.2) is 9.84 Å². The molecule has 0 bridgehead atoms. The number of aliphatic carboxylic acids is 1. The highest BCUT2D eigenvalue weighted by Crippen LogP contribution is 2.19. The van der Waals surface area contributed by atoms with Crippen LogP contribution in [0.15, 0.2) is 0 Å². The molecule has 0 aromatic carbocycles. The van der Waals surface area contributed by atoms with E-state index in [4.69, 9.17) is 5.11 Å². The highest BCUT2D eigenvalue weighted by Gasteiger charge is 2.34. The molecule has 1 aliphatic rings. The number of hydrogen-bond donors (Lipinski definition) is 1. The van der Waals surface area contributed by atoms with Crippen molar-refractivity contribution in [3.05, 3.63) is 0 Å². The summed E-state index contributed by atoms with van der Waals surface area (Å²) in [5.41, 5.74) is 0. The molecule has 6 nitrogen and oxygen atoms in total. The molecule has 0 aromatic heterocycles. The van der Waals surface area contributed by atoms with Gasteiger partial charge in [0, 0.05) is 19.0 Å². The Kier molecular flexibility index (Phi) is 5.13. The number of hydrogen-bond acceptors (Lipinski definition) is 4. The van der Waals surface area contributed by atoms with Gasteiger partial charge in [-0.25, -0.2) is 8.42 Å². The zero-order valence-electron chi connectivity index (χ0n) is 10.5. The van der Waals surface area contributed by atoms with E-state index in [9.17, 15) is 18.0 Å². The Morgan fingerprint density at radius 2 is 2.00 bits per heavy atom. The minimum Gasteiger partial charge on any atom is -0.481 e. The van der Waals surface area contributed by atoms with Crippen molar-refractivity contribution in [2.75, 3.05) is 18.1 Å². The molecule has 0 aromatic rings. The second-order valence-electron chi connectivity index (χ2n) is 4.54. The topological polar surface area (TPSA) is 91.8 Å². The van der Waals surface area contributed by atoms with E-state index in [2.05, 4.69) is 0 Å². The van der Waals surface area contributed by atoms with E-state index in [1.165, 1.54) is 4.90 Å². The summed E-state index contributed by atoms with van der Waals surface area (Å²) in [6.07, 6.45) is 0.918. The van der Waals surface area contributed by atoms with Gasteiger partial charge in [0.2, 0.25) is 5.91 Å². The minimum atomic E-state index is -3.03. The first-order chi connectivity index (χ1) is 8.35. The molecular weight excluding hydrogens is 258 g/mol. The minimum absolute atomic E-state index is 0.00577. The fourth-order valence-electron chi connectivity index (χ4n) is 2.13. The van der Waals surface area contributed by atoms with Gasteiger partial charge < -0.3 is 10.0 Å². The predicted molar refractivity (Wildman–Crippen MR) is 65.9 cm³/mol. The Labute approximate surface area is 107 Å².